The lowest BCUT2D eigenvalue weighted by Gasteiger charge is -2.25. The van der Waals surface area contributed by atoms with Crippen LogP contribution in [0.1, 0.15) is 24.1 Å². The quantitative estimate of drug-likeness (QED) is 0.548. The van der Waals surface area contributed by atoms with Crippen LogP contribution >= 0.6 is 0 Å². The second-order valence-corrected chi connectivity index (χ2v) is 8.97. The lowest BCUT2D eigenvalue weighted by atomic mass is 9.95. The Morgan fingerprint density at radius 3 is 2.91 bits per heavy atom. The maximum absolute atomic E-state index is 13.7. The number of nitrogens with one attached hydrogen (secondary N) is 2. The van der Waals surface area contributed by atoms with E-state index in [4.69, 9.17) is 9.47 Å². The van der Waals surface area contributed by atoms with Crippen molar-refractivity contribution < 1.29 is 18.7 Å². The largest absolute Gasteiger partial charge is 0.492 e. The van der Waals surface area contributed by atoms with Crippen LogP contribution in [-0.4, -0.2) is 53.9 Å². The van der Waals surface area contributed by atoms with Crippen LogP contribution in [0.4, 0.5) is 10.1 Å². The minimum atomic E-state index is -0.414. The summed E-state index contributed by atoms with van der Waals surface area (Å²) in [5, 5.41) is 10.1. The van der Waals surface area contributed by atoms with Crippen molar-refractivity contribution in [3.8, 4) is 22.6 Å². The molecule has 0 aliphatic carbocycles. The summed E-state index contributed by atoms with van der Waals surface area (Å²) in [6.45, 7) is 5.81. The molecule has 2 N–H and O–H groups in total. The molecule has 1 amide bonds. The number of carbonyl (C=O) groups excluding carboxylic acids is 1. The number of H-pyrrole nitrogens is 1. The molecule has 8 heteroatoms. The van der Waals surface area contributed by atoms with Gasteiger partial charge in [0.15, 0.2) is 0 Å². The Labute approximate surface area is 198 Å². The molecular weight excluding hydrogens is 435 g/mol. The molecule has 34 heavy (non-hydrogen) atoms. The number of fused-ring (bicyclic) bond motifs is 1. The van der Waals surface area contributed by atoms with Crippen LogP contribution in [-0.2, 0) is 11.2 Å². The van der Waals surface area contributed by atoms with Gasteiger partial charge in [-0.05, 0) is 80.7 Å². The summed E-state index contributed by atoms with van der Waals surface area (Å²) >= 11 is 0. The fraction of sp³-hybridized carbons (Fsp3) is 0.385. The van der Waals surface area contributed by atoms with Crippen LogP contribution in [0.3, 0.4) is 0 Å². The van der Waals surface area contributed by atoms with Crippen molar-refractivity contribution in [3.63, 3.8) is 0 Å². The van der Waals surface area contributed by atoms with Crippen molar-refractivity contribution >= 4 is 11.6 Å². The molecule has 0 saturated carbocycles. The number of carbonyl (C=O) groups is 1. The van der Waals surface area contributed by atoms with Crippen LogP contribution in [0.5, 0.6) is 11.5 Å². The molecule has 0 bridgehead atoms. The van der Waals surface area contributed by atoms with Crippen molar-refractivity contribution in [2.75, 3.05) is 38.2 Å². The van der Waals surface area contributed by atoms with E-state index >= 15 is 0 Å². The van der Waals surface area contributed by atoms with Gasteiger partial charge in [0.05, 0.1) is 17.8 Å². The number of ether oxygens (including phenoxy) is 2. The second kappa shape index (κ2) is 9.85. The van der Waals surface area contributed by atoms with Crippen LogP contribution in [0, 0.1) is 18.7 Å². The fourth-order valence-electron chi connectivity index (χ4n) is 4.61. The smallest absolute Gasteiger partial charge is 0.231 e. The highest BCUT2D eigenvalue weighted by Crippen LogP contribution is 2.33. The average Bonchev–Trinajstić information content (AvgIpc) is 3.51. The number of benzene rings is 2. The number of amides is 1. The molecule has 1 atom stereocenters. The van der Waals surface area contributed by atoms with Gasteiger partial charge in [-0.25, -0.2) is 4.39 Å². The predicted molar refractivity (Wildman–Crippen MR) is 128 cm³/mol. The zero-order valence-electron chi connectivity index (χ0n) is 19.3. The number of aromatic nitrogens is 2. The van der Waals surface area contributed by atoms with E-state index in [9.17, 15) is 9.18 Å². The first-order valence-electron chi connectivity index (χ1n) is 11.8. The molecule has 3 heterocycles. The summed E-state index contributed by atoms with van der Waals surface area (Å²) in [6.07, 6.45) is 4.67. The molecule has 3 aromatic rings. The van der Waals surface area contributed by atoms with Crippen LogP contribution in [0.25, 0.3) is 11.1 Å². The number of anilines is 1. The van der Waals surface area contributed by atoms with E-state index in [-0.39, 0.29) is 18.3 Å². The predicted octanol–water partition coefficient (Wildman–Crippen LogP) is 4.19. The van der Waals surface area contributed by atoms with Crippen LogP contribution in [0.15, 0.2) is 42.6 Å². The number of aryl methyl sites for hydroxylation is 1. The first kappa shape index (κ1) is 22.4. The van der Waals surface area contributed by atoms with Gasteiger partial charge in [-0.2, -0.15) is 5.10 Å². The number of aromatic amines is 1. The third kappa shape index (κ3) is 4.92. The molecule has 2 aromatic carbocycles. The van der Waals surface area contributed by atoms with E-state index in [1.807, 2.05) is 25.1 Å². The third-order valence-electron chi connectivity index (χ3n) is 6.54. The lowest BCUT2D eigenvalue weighted by molar-refractivity contribution is -0.121. The van der Waals surface area contributed by atoms with E-state index < -0.39 is 5.92 Å². The van der Waals surface area contributed by atoms with E-state index in [0.29, 0.717) is 35.8 Å². The molecule has 178 valence electrons. The lowest BCUT2D eigenvalue weighted by Crippen LogP contribution is -2.32. The zero-order chi connectivity index (χ0) is 23.5. The number of likely N-dealkylation sites (tertiary alicyclic amines) is 1. The number of nitrogens with zero attached hydrogens (tertiary/aromatic N) is 2. The normalized spacial score (nSPS) is 17.8. The van der Waals surface area contributed by atoms with Gasteiger partial charge >= 0.3 is 0 Å². The van der Waals surface area contributed by atoms with Gasteiger partial charge in [0.2, 0.25) is 5.91 Å². The van der Waals surface area contributed by atoms with Gasteiger partial charge in [0.1, 0.15) is 30.5 Å². The van der Waals surface area contributed by atoms with Gasteiger partial charge in [0.25, 0.3) is 0 Å². The van der Waals surface area contributed by atoms with Gasteiger partial charge < -0.3 is 14.8 Å². The highest BCUT2D eigenvalue weighted by atomic mass is 19.1. The second-order valence-electron chi connectivity index (χ2n) is 8.97. The zero-order valence-corrected chi connectivity index (χ0v) is 19.3. The molecule has 1 saturated heterocycles. The Balaban J connectivity index is 1.33. The number of rotatable bonds is 7. The van der Waals surface area contributed by atoms with Gasteiger partial charge in [-0.3, -0.25) is 14.8 Å². The Morgan fingerprint density at radius 2 is 2.12 bits per heavy atom. The van der Waals surface area contributed by atoms with E-state index in [1.54, 1.807) is 12.3 Å². The number of hydrogen-bond donors (Lipinski definition) is 2. The van der Waals surface area contributed by atoms with Crippen molar-refractivity contribution in [3.05, 3.63) is 59.7 Å². The Morgan fingerprint density at radius 1 is 1.26 bits per heavy atom. The molecular formula is C26H29FN4O3. The van der Waals surface area contributed by atoms with Crippen molar-refractivity contribution in [1.29, 1.82) is 0 Å². The molecule has 5 rings (SSSR count). The molecule has 0 spiro atoms. The highest BCUT2D eigenvalue weighted by Gasteiger charge is 2.27. The monoisotopic (exact) mass is 464 g/mol. The maximum atomic E-state index is 13.7. The summed E-state index contributed by atoms with van der Waals surface area (Å²) in [6, 6.07) is 10.2. The fourth-order valence-corrected chi connectivity index (χ4v) is 4.61. The summed E-state index contributed by atoms with van der Waals surface area (Å²) in [7, 11) is 0. The molecule has 2 aliphatic heterocycles. The van der Waals surface area contributed by atoms with E-state index in [1.165, 1.54) is 25.0 Å². The number of halogens is 1. The van der Waals surface area contributed by atoms with E-state index in [0.717, 1.165) is 36.5 Å². The van der Waals surface area contributed by atoms with E-state index in [2.05, 4.69) is 20.4 Å². The average molecular weight is 465 g/mol. The topological polar surface area (TPSA) is 79.5 Å². The van der Waals surface area contributed by atoms with Crippen molar-refractivity contribution in [2.24, 2.45) is 5.92 Å². The Bertz CT molecular complexity index is 1170. The minimum Gasteiger partial charge on any atom is -0.492 e. The molecule has 2 aliphatic rings. The first-order chi connectivity index (χ1) is 16.6. The minimum absolute atomic E-state index is 0.174. The molecule has 7 nitrogen and oxygen atoms in total. The summed E-state index contributed by atoms with van der Waals surface area (Å²) < 4.78 is 25.5. The van der Waals surface area contributed by atoms with Crippen molar-refractivity contribution in [2.45, 2.75) is 26.2 Å². The number of hydrogen-bond acceptors (Lipinski definition) is 5. The van der Waals surface area contributed by atoms with Crippen molar-refractivity contribution in [1.82, 2.24) is 15.1 Å². The van der Waals surface area contributed by atoms with Crippen LogP contribution in [0.2, 0.25) is 0 Å². The third-order valence-corrected chi connectivity index (χ3v) is 6.54. The maximum Gasteiger partial charge on any atom is 0.231 e. The SMILES string of the molecule is Cc1[nH]ncc1-c1ccc(NC(=O)C2COc3ccc(F)cc3C2)c(OCCN2CCCC2)c1. The molecule has 1 fully saturated rings. The Kier molecular flexibility index (Phi) is 6.49. The summed E-state index contributed by atoms with van der Waals surface area (Å²) in [5.41, 5.74) is 4.23. The molecule has 1 aromatic heterocycles. The standard InChI is InChI=1S/C26H29FN4O3/c1-17-22(15-28-30-17)18-4-6-23(25(14-18)33-11-10-31-8-2-3-9-31)29-26(32)20-12-19-13-21(27)5-7-24(19)34-16-20/h4-7,13-15,20H,2-3,8-12,16H2,1H3,(H,28,30)(H,29,32). The molecule has 1 unspecified atom stereocenters. The molecule has 0 radical (unpaired) electrons. The van der Waals surface area contributed by atoms with Gasteiger partial charge in [-0.15, -0.1) is 0 Å². The van der Waals surface area contributed by atoms with Gasteiger partial charge in [0, 0.05) is 17.8 Å². The Hall–Kier alpha value is -3.39. The van der Waals surface area contributed by atoms with Gasteiger partial charge in [-0.1, -0.05) is 6.07 Å². The summed E-state index contributed by atoms with van der Waals surface area (Å²) in [5.74, 6) is 0.335. The highest BCUT2D eigenvalue weighted by molar-refractivity contribution is 5.95. The summed E-state index contributed by atoms with van der Waals surface area (Å²) in [4.78, 5) is 15.5. The van der Waals surface area contributed by atoms with Crippen LogP contribution < -0.4 is 14.8 Å². The first-order valence-corrected chi connectivity index (χ1v) is 11.8.